The Morgan fingerprint density at radius 1 is 1.17 bits per heavy atom. The Morgan fingerprint density at radius 3 is 2.50 bits per heavy atom. The van der Waals surface area contributed by atoms with Crippen molar-refractivity contribution in [2.24, 2.45) is 5.92 Å². The molecule has 2 amide bonds. The molecule has 2 rings (SSSR count). The highest BCUT2D eigenvalue weighted by Crippen LogP contribution is 2.28. The van der Waals surface area contributed by atoms with Crippen LogP contribution in [0.1, 0.15) is 12.8 Å². The van der Waals surface area contributed by atoms with Crippen LogP contribution < -0.4 is 20.1 Å². The number of amides is 2. The fraction of sp³-hybridized carbons (Fsp3) is 0.529. The second-order valence-electron chi connectivity index (χ2n) is 5.98. The van der Waals surface area contributed by atoms with Crippen LogP contribution in [0.15, 0.2) is 18.2 Å². The number of methoxy groups -OCH3 is 2. The van der Waals surface area contributed by atoms with Gasteiger partial charge in [-0.25, -0.2) is 0 Å². The number of carbonyl (C=O) groups excluding carboxylic acids is 2. The summed E-state index contributed by atoms with van der Waals surface area (Å²) in [7, 11) is 5.11. The van der Waals surface area contributed by atoms with E-state index in [1.807, 2.05) is 0 Å². The Balaban J connectivity index is 1.88. The van der Waals surface area contributed by atoms with E-state index in [0.717, 1.165) is 25.9 Å². The topological polar surface area (TPSA) is 79.9 Å². The summed E-state index contributed by atoms with van der Waals surface area (Å²) >= 11 is 0. The number of carbonyl (C=O) groups is 2. The van der Waals surface area contributed by atoms with Crippen LogP contribution in [0, 0.1) is 5.92 Å². The second-order valence-corrected chi connectivity index (χ2v) is 5.98. The van der Waals surface area contributed by atoms with Gasteiger partial charge in [-0.15, -0.1) is 0 Å². The highest BCUT2D eigenvalue weighted by molar-refractivity contribution is 6.39. The lowest BCUT2D eigenvalue weighted by Gasteiger charge is -2.28. The van der Waals surface area contributed by atoms with Gasteiger partial charge in [-0.1, -0.05) is 0 Å². The summed E-state index contributed by atoms with van der Waals surface area (Å²) in [6.07, 6.45) is 2.06. The van der Waals surface area contributed by atoms with E-state index < -0.39 is 11.8 Å². The average molecular weight is 335 g/mol. The number of hydrogen-bond donors (Lipinski definition) is 2. The van der Waals surface area contributed by atoms with Crippen LogP contribution in [0.2, 0.25) is 0 Å². The van der Waals surface area contributed by atoms with Crippen LogP contribution in [0.3, 0.4) is 0 Å². The number of nitrogens with one attached hydrogen (secondary N) is 2. The molecule has 1 fully saturated rings. The SMILES string of the molecule is COc1ccc(OC)c(NC(=O)C(=O)NCC2CCN(C)CC2)c1. The van der Waals surface area contributed by atoms with E-state index in [1.165, 1.54) is 14.2 Å². The Bertz CT molecular complexity index is 583. The predicted octanol–water partition coefficient (Wildman–Crippen LogP) is 1.10. The van der Waals surface area contributed by atoms with Crippen LogP contribution in [0.4, 0.5) is 5.69 Å². The fourth-order valence-corrected chi connectivity index (χ4v) is 2.67. The number of anilines is 1. The Hall–Kier alpha value is -2.28. The van der Waals surface area contributed by atoms with Crippen LogP contribution in [0.25, 0.3) is 0 Å². The molecule has 132 valence electrons. The second kappa shape index (κ2) is 8.54. The molecule has 1 aliphatic heterocycles. The first-order valence-electron chi connectivity index (χ1n) is 8.03. The summed E-state index contributed by atoms with van der Waals surface area (Å²) in [5.74, 6) is 0.0997. The molecule has 1 aliphatic rings. The maximum absolute atomic E-state index is 12.1. The van der Waals surface area contributed by atoms with Crippen molar-refractivity contribution in [1.29, 1.82) is 0 Å². The lowest BCUT2D eigenvalue weighted by Crippen LogP contribution is -2.41. The Kier molecular flexibility index (Phi) is 6.43. The third-order valence-electron chi connectivity index (χ3n) is 4.25. The summed E-state index contributed by atoms with van der Waals surface area (Å²) in [5.41, 5.74) is 0.399. The number of nitrogens with zero attached hydrogens (tertiary/aromatic N) is 1. The molecule has 24 heavy (non-hydrogen) atoms. The van der Waals surface area contributed by atoms with Gasteiger partial charge < -0.3 is 25.0 Å². The van der Waals surface area contributed by atoms with Crippen LogP contribution in [-0.2, 0) is 9.59 Å². The molecule has 1 heterocycles. The molecule has 7 nitrogen and oxygen atoms in total. The predicted molar refractivity (Wildman–Crippen MR) is 91.4 cm³/mol. The van der Waals surface area contributed by atoms with Gasteiger partial charge in [0.15, 0.2) is 0 Å². The summed E-state index contributed by atoms with van der Waals surface area (Å²) in [6, 6.07) is 5.00. The Labute approximate surface area is 142 Å². The van der Waals surface area contributed by atoms with Crippen molar-refractivity contribution in [3.63, 3.8) is 0 Å². The van der Waals surface area contributed by atoms with Gasteiger partial charge in [-0.05, 0) is 51.0 Å². The molecule has 0 aromatic heterocycles. The summed E-state index contributed by atoms with van der Waals surface area (Å²) < 4.78 is 10.3. The van der Waals surface area contributed by atoms with Crippen molar-refractivity contribution in [2.75, 3.05) is 46.2 Å². The quantitative estimate of drug-likeness (QED) is 0.788. The number of hydrogen-bond acceptors (Lipinski definition) is 5. The van der Waals surface area contributed by atoms with E-state index >= 15 is 0 Å². The summed E-state index contributed by atoms with van der Waals surface area (Å²) in [4.78, 5) is 26.3. The third kappa shape index (κ3) is 4.86. The lowest BCUT2D eigenvalue weighted by molar-refractivity contribution is -0.136. The molecule has 0 atom stereocenters. The molecule has 0 spiro atoms. The highest BCUT2D eigenvalue weighted by Gasteiger charge is 2.20. The standard InChI is InChI=1S/C17H25N3O4/c1-20-8-6-12(7-9-20)11-18-16(21)17(22)19-14-10-13(23-2)4-5-15(14)24-3/h4-5,10,12H,6-9,11H2,1-3H3,(H,18,21)(H,19,22). The van der Waals surface area contributed by atoms with Crippen molar-refractivity contribution in [3.8, 4) is 11.5 Å². The minimum absolute atomic E-state index is 0.399. The average Bonchev–Trinajstić information content (AvgIpc) is 2.60. The van der Waals surface area contributed by atoms with E-state index in [1.54, 1.807) is 18.2 Å². The van der Waals surface area contributed by atoms with E-state index in [2.05, 4.69) is 22.6 Å². The van der Waals surface area contributed by atoms with Gasteiger partial charge in [-0.3, -0.25) is 9.59 Å². The number of piperidine rings is 1. The number of ether oxygens (including phenoxy) is 2. The minimum Gasteiger partial charge on any atom is -0.497 e. The first kappa shape index (κ1) is 18.1. The van der Waals surface area contributed by atoms with Gasteiger partial charge in [0.2, 0.25) is 0 Å². The van der Waals surface area contributed by atoms with E-state index in [-0.39, 0.29) is 0 Å². The van der Waals surface area contributed by atoms with E-state index in [4.69, 9.17) is 9.47 Å². The first-order valence-corrected chi connectivity index (χ1v) is 8.03. The molecular formula is C17H25N3O4. The van der Waals surface area contributed by atoms with Crippen LogP contribution in [0.5, 0.6) is 11.5 Å². The van der Waals surface area contributed by atoms with Crippen molar-refractivity contribution >= 4 is 17.5 Å². The van der Waals surface area contributed by atoms with Gasteiger partial charge in [-0.2, -0.15) is 0 Å². The zero-order valence-electron chi connectivity index (χ0n) is 14.4. The number of likely N-dealkylation sites (tertiary alicyclic amines) is 1. The summed E-state index contributed by atoms with van der Waals surface area (Å²) in [5, 5.41) is 5.28. The Morgan fingerprint density at radius 2 is 1.88 bits per heavy atom. The van der Waals surface area contributed by atoms with E-state index in [0.29, 0.717) is 29.6 Å². The zero-order chi connectivity index (χ0) is 17.5. The number of rotatable bonds is 5. The smallest absolute Gasteiger partial charge is 0.313 e. The van der Waals surface area contributed by atoms with Crippen molar-refractivity contribution in [3.05, 3.63) is 18.2 Å². The van der Waals surface area contributed by atoms with E-state index in [9.17, 15) is 9.59 Å². The molecule has 2 N–H and O–H groups in total. The van der Waals surface area contributed by atoms with Gasteiger partial charge in [0, 0.05) is 12.6 Å². The monoisotopic (exact) mass is 335 g/mol. The molecule has 0 aliphatic carbocycles. The van der Waals surface area contributed by atoms with Crippen molar-refractivity contribution in [2.45, 2.75) is 12.8 Å². The van der Waals surface area contributed by atoms with Crippen molar-refractivity contribution in [1.82, 2.24) is 10.2 Å². The molecular weight excluding hydrogens is 310 g/mol. The lowest BCUT2D eigenvalue weighted by atomic mass is 9.97. The molecule has 0 unspecified atom stereocenters. The first-order chi connectivity index (χ1) is 11.5. The van der Waals surface area contributed by atoms with Crippen molar-refractivity contribution < 1.29 is 19.1 Å². The van der Waals surface area contributed by atoms with Crippen LogP contribution >= 0.6 is 0 Å². The normalized spacial score (nSPS) is 15.6. The largest absolute Gasteiger partial charge is 0.497 e. The highest BCUT2D eigenvalue weighted by atomic mass is 16.5. The van der Waals surface area contributed by atoms with Gasteiger partial charge in [0.05, 0.1) is 19.9 Å². The third-order valence-corrected chi connectivity index (χ3v) is 4.25. The maximum Gasteiger partial charge on any atom is 0.313 e. The molecule has 7 heteroatoms. The minimum atomic E-state index is -0.713. The molecule has 0 bridgehead atoms. The van der Waals surface area contributed by atoms with Crippen LogP contribution in [-0.4, -0.2) is 57.6 Å². The van der Waals surface area contributed by atoms with Gasteiger partial charge in [0.25, 0.3) is 0 Å². The molecule has 1 aromatic rings. The molecule has 1 aromatic carbocycles. The number of benzene rings is 1. The molecule has 0 saturated carbocycles. The molecule has 0 radical (unpaired) electrons. The maximum atomic E-state index is 12.1. The van der Waals surface area contributed by atoms with Gasteiger partial charge >= 0.3 is 11.8 Å². The summed E-state index contributed by atoms with van der Waals surface area (Å²) in [6.45, 7) is 2.57. The fourth-order valence-electron chi connectivity index (χ4n) is 2.67. The van der Waals surface area contributed by atoms with Gasteiger partial charge in [0.1, 0.15) is 11.5 Å². The zero-order valence-corrected chi connectivity index (χ0v) is 14.4. The molecule has 1 saturated heterocycles.